The normalized spacial score (nSPS) is 14.2. The average Bonchev–Trinajstić information content (AvgIpc) is 2.04. The maximum Gasteiger partial charge on any atom is 0.192 e. The van der Waals surface area contributed by atoms with Gasteiger partial charge in [0, 0.05) is 18.0 Å². The van der Waals surface area contributed by atoms with E-state index in [0.717, 1.165) is 5.57 Å². The summed E-state index contributed by atoms with van der Waals surface area (Å²) in [7, 11) is -1.70. The molecule has 82 valence electrons. The topological polar surface area (TPSA) is 59.1 Å². The molecule has 0 bridgehead atoms. The second-order valence-corrected chi connectivity index (χ2v) is 9.74. The molecule has 0 saturated heterocycles. The summed E-state index contributed by atoms with van der Waals surface area (Å²) >= 11 is 0. The lowest BCUT2D eigenvalue weighted by molar-refractivity contribution is 0.323. The highest BCUT2D eigenvalue weighted by atomic mass is 28.4. The van der Waals surface area contributed by atoms with Crippen LogP contribution in [0.4, 0.5) is 0 Å². The maximum absolute atomic E-state index is 7.09. The average molecular weight is 214 g/mol. The molecule has 4 heteroatoms. The van der Waals surface area contributed by atoms with E-state index in [1.165, 1.54) is 12.4 Å². The van der Waals surface area contributed by atoms with Crippen molar-refractivity contribution < 1.29 is 4.43 Å². The van der Waals surface area contributed by atoms with E-state index < -0.39 is 8.32 Å². The Morgan fingerprint density at radius 3 is 2.21 bits per heavy atom. The summed E-state index contributed by atoms with van der Waals surface area (Å²) in [4.78, 5) is 0. The van der Waals surface area contributed by atoms with Crippen LogP contribution in [0.3, 0.4) is 0 Å². The van der Waals surface area contributed by atoms with Gasteiger partial charge in [-0.25, -0.2) is 0 Å². The lowest BCUT2D eigenvalue weighted by atomic mass is 10.2. The van der Waals surface area contributed by atoms with Crippen molar-refractivity contribution in [3.05, 3.63) is 11.8 Å². The third-order valence-corrected chi connectivity index (χ3v) is 7.28. The third kappa shape index (κ3) is 3.63. The van der Waals surface area contributed by atoms with Crippen LogP contribution in [0.2, 0.25) is 18.1 Å². The van der Waals surface area contributed by atoms with Crippen molar-refractivity contribution in [2.24, 2.45) is 5.73 Å². The number of nitrogens with one attached hydrogen (secondary N) is 1. The molecule has 0 aromatic heterocycles. The molecule has 0 aromatic rings. The molecular weight excluding hydrogens is 192 g/mol. The largest absolute Gasteiger partial charge is 0.412 e. The minimum atomic E-state index is -1.70. The fourth-order valence-corrected chi connectivity index (χ4v) is 1.58. The van der Waals surface area contributed by atoms with Crippen LogP contribution < -0.4 is 5.73 Å². The molecule has 0 aliphatic rings. The first-order valence-electron chi connectivity index (χ1n) is 4.80. The Bertz CT molecular complexity index is 229. The van der Waals surface area contributed by atoms with Gasteiger partial charge in [0.1, 0.15) is 0 Å². The molecular formula is C10H22N2OSi. The van der Waals surface area contributed by atoms with E-state index in [-0.39, 0.29) is 5.04 Å². The van der Waals surface area contributed by atoms with Gasteiger partial charge in [0.2, 0.25) is 0 Å². The maximum atomic E-state index is 7.09. The second kappa shape index (κ2) is 4.75. The minimum Gasteiger partial charge on any atom is -0.412 e. The summed E-state index contributed by atoms with van der Waals surface area (Å²) in [6, 6.07) is 0. The van der Waals surface area contributed by atoms with Crippen molar-refractivity contribution in [2.75, 3.05) is 6.61 Å². The molecule has 3 N–H and O–H groups in total. The van der Waals surface area contributed by atoms with E-state index in [1.807, 2.05) is 0 Å². The smallest absolute Gasteiger partial charge is 0.192 e. The van der Waals surface area contributed by atoms with Gasteiger partial charge >= 0.3 is 0 Å². The Morgan fingerprint density at radius 1 is 1.43 bits per heavy atom. The zero-order valence-electron chi connectivity index (χ0n) is 9.85. The van der Waals surface area contributed by atoms with Crippen LogP contribution in [0.1, 0.15) is 20.8 Å². The van der Waals surface area contributed by atoms with Crippen molar-refractivity contribution in [1.29, 1.82) is 5.41 Å². The first kappa shape index (κ1) is 13.4. The van der Waals surface area contributed by atoms with Crippen LogP contribution in [-0.4, -0.2) is 21.1 Å². The predicted octanol–water partition coefficient (Wildman–Crippen LogP) is 2.50. The van der Waals surface area contributed by atoms with Crippen molar-refractivity contribution in [3.63, 3.8) is 0 Å². The SMILES string of the molecule is CC(C)(C)[Si](C)(C)OC/C(C=N)=C/N. The zero-order chi connectivity index (χ0) is 11.4. The molecule has 14 heavy (non-hydrogen) atoms. The predicted molar refractivity (Wildman–Crippen MR) is 64.2 cm³/mol. The quantitative estimate of drug-likeness (QED) is 0.558. The van der Waals surface area contributed by atoms with Crippen LogP contribution in [0.5, 0.6) is 0 Å². The summed E-state index contributed by atoms with van der Waals surface area (Å²) in [6.45, 7) is 11.4. The fourth-order valence-electron chi connectivity index (χ4n) is 0.618. The Hall–Kier alpha value is -0.613. The lowest BCUT2D eigenvalue weighted by Crippen LogP contribution is -2.41. The zero-order valence-corrected chi connectivity index (χ0v) is 10.8. The molecule has 0 atom stereocenters. The van der Waals surface area contributed by atoms with E-state index in [4.69, 9.17) is 15.6 Å². The summed E-state index contributed by atoms with van der Waals surface area (Å²) in [6.07, 6.45) is 2.67. The Kier molecular flexibility index (Phi) is 4.54. The van der Waals surface area contributed by atoms with Gasteiger partial charge in [0.05, 0.1) is 6.61 Å². The first-order chi connectivity index (χ1) is 6.24. The van der Waals surface area contributed by atoms with Gasteiger partial charge < -0.3 is 15.6 Å². The second-order valence-electron chi connectivity index (χ2n) is 4.93. The molecule has 3 nitrogen and oxygen atoms in total. The van der Waals surface area contributed by atoms with Crippen LogP contribution in [-0.2, 0) is 4.43 Å². The van der Waals surface area contributed by atoms with Gasteiger partial charge in [-0.15, -0.1) is 0 Å². The highest BCUT2D eigenvalue weighted by molar-refractivity contribution is 6.74. The molecule has 0 fully saturated rings. The van der Waals surface area contributed by atoms with Crippen molar-refractivity contribution in [3.8, 4) is 0 Å². The van der Waals surface area contributed by atoms with Crippen LogP contribution in [0.25, 0.3) is 0 Å². The fraction of sp³-hybridized carbons (Fsp3) is 0.700. The summed E-state index contributed by atoms with van der Waals surface area (Å²) in [5.41, 5.74) is 6.08. The van der Waals surface area contributed by atoms with Crippen LogP contribution in [0, 0.1) is 5.41 Å². The Morgan fingerprint density at radius 2 is 1.93 bits per heavy atom. The molecule has 0 heterocycles. The van der Waals surface area contributed by atoms with Gasteiger partial charge in [-0.05, 0) is 18.1 Å². The van der Waals surface area contributed by atoms with Crippen molar-refractivity contribution in [1.82, 2.24) is 0 Å². The first-order valence-corrected chi connectivity index (χ1v) is 7.70. The standard InChI is InChI=1S/C10H22N2OSi/c1-10(2,3)14(4,5)13-8-9(6-11)7-12/h6-7,11H,8,12H2,1-5H3/b9-7+,11-6?. The Labute approximate surface area is 88.0 Å². The third-order valence-electron chi connectivity index (χ3n) is 2.81. The highest BCUT2D eigenvalue weighted by Crippen LogP contribution is 2.36. The molecule has 0 unspecified atom stereocenters. The van der Waals surface area contributed by atoms with Gasteiger partial charge in [-0.1, -0.05) is 20.8 Å². The molecule has 0 amide bonds. The number of hydrogen-bond donors (Lipinski definition) is 2. The molecule has 0 saturated carbocycles. The van der Waals surface area contributed by atoms with Crippen LogP contribution >= 0.6 is 0 Å². The van der Waals surface area contributed by atoms with Gasteiger partial charge in [0.15, 0.2) is 8.32 Å². The van der Waals surface area contributed by atoms with Gasteiger partial charge in [-0.2, -0.15) is 0 Å². The number of hydrogen-bond acceptors (Lipinski definition) is 3. The van der Waals surface area contributed by atoms with Gasteiger partial charge in [-0.3, -0.25) is 0 Å². The highest BCUT2D eigenvalue weighted by Gasteiger charge is 2.36. The molecule has 0 spiro atoms. The van der Waals surface area contributed by atoms with E-state index in [0.29, 0.717) is 6.61 Å². The number of nitrogens with two attached hydrogens (primary N) is 1. The molecule has 0 aromatic carbocycles. The van der Waals surface area contributed by atoms with Gasteiger partial charge in [0.25, 0.3) is 0 Å². The van der Waals surface area contributed by atoms with E-state index in [2.05, 4.69) is 33.9 Å². The van der Waals surface area contributed by atoms with E-state index >= 15 is 0 Å². The summed E-state index contributed by atoms with van der Waals surface area (Å²) in [5, 5.41) is 7.29. The Balaban J connectivity index is 4.33. The lowest BCUT2D eigenvalue weighted by Gasteiger charge is -2.36. The molecule has 0 rings (SSSR count). The monoisotopic (exact) mass is 214 g/mol. The molecule has 0 radical (unpaired) electrons. The number of rotatable bonds is 4. The van der Waals surface area contributed by atoms with E-state index in [9.17, 15) is 0 Å². The van der Waals surface area contributed by atoms with Crippen molar-refractivity contribution >= 4 is 14.5 Å². The molecule has 0 aliphatic carbocycles. The van der Waals surface area contributed by atoms with Crippen molar-refractivity contribution in [2.45, 2.75) is 38.9 Å². The summed E-state index contributed by atoms with van der Waals surface area (Å²) < 4.78 is 5.88. The molecule has 0 aliphatic heterocycles. The van der Waals surface area contributed by atoms with Crippen LogP contribution in [0.15, 0.2) is 11.8 Å². The minimum absolute atomic E-state index is 0.203. The van der Waals surface area contributed by atoms with E-state index in [1.54, 1.807) is 0 Å². The summed E-state index contributed by atoms with van der Waals surface area (Å²) in [5.74, 6) is 0.